The molecule has 9 heteroatoms. The average molecular weight is 303 g/mol. The third kappa shape index (κ3) is 3.96. The Balaban J connectivity index is 2.94. The lowest BCUT2D eigenvalue weighted by Crippen LogP contribution is -2.37. The van der Waals surface area contributed by atoms with E-state index in [0.29, 0.717) is 12.1 Å². The molecule has 1 aromatic rings. The normalized spacial score (nSPS) is 11.6. The lowest BCUT2D eigenvalue weighted by atomic mass is 10.1. The molecule has 0 saturated heterocycles. The van der Waals surface area contributed by atoms with Crippen LogP contribution in [0.15, 0.2) is 12.1 Å². The van der Waals surface area contributed by atoms with Crippen molar-refractivity contribution in [2.45, 2.75) is 6.10 Å². The molecule has 1 unspecified atom stereocenters. The van der Waals surface area contributed by atoms with Crippen LogP contribution in [0.25, 0.3) is 0 Å². The van der Waals surface area contributed by atoms with Crippen LogP contribution >= 0.6 is 0 Å². The molecule has 0 fully saturated rings. The number of carboxylic acid groups (broad SMARTS) is 1. The van der Waals surface area contributed by atoms with Crippen molar-refractivity contribution in [2.24, 2.45) is 0 Å². The number of aromatic carboxylic acids is 1. The van der Waals surface area contributed by atoms with Gasteiger partial charge >= 0.3 is 11.9 Å². The van der Waals surface area contributed by atoms with Crippen LogP contribution in [0.3, 0.4) is 0 Å². The molecule has 21 heavy (non-hydrogen) atoms. The van der Waals surface area contributed by atoms with Gasteiger partial charge in [-0.15, -0.1) is 0 Å². The lowest BCUT2D eigenvalue weighted by Gasteiger charge is -2.11. The number of ether oxygens (including phenoxy) is 1. The highest BCUT2D eigenvalue weighted by Crippen LogP contribution is 2.15. The second kappa shape index (κ2) is 6.75. The maximum atomic E-state index is 13.1. The van der Waals surface area contributed by atoms with E-state index < -0.39 is 53.3 Å². The molecule has 0 aliphatic rings. The lowest BCUT2D eigenvalue weighted by molar-refractivity contribution is -0.149. The third-order valence-corrected chi connectivity index (χ3v) is 2.46. The fourth-order valence-corrected chi connectivity index (χ4v) is 1.42. The molecule has 0 aromatic heterocycles. The van der Waals surface area contributed by atoms with Gasteiger partial charge in [0, 0.05) is 0 Å². The minimum Gasteiger partial charge on any atom is -0.478 e. The first kappa shape index (κ1) is 16.5. The smallest absolute Gasteiger partial charge is 0.336 e. The Morgan fingerprint density at radius 3 is 2.24 bits per heavy atom. The molecule has 0 bridgehead atoms. The summed E-state index contributed by atoms with van der Waals surface area (Å²) < 4.78 is 30.3. The summed E-state index contributed by atoms with van der Waals surface area (Å²) >= 11 is 0. The van der Waals surface area contributed by atoms with E-state index in [9.17, 15) is 28.3 Å². The molecule has 1 amide bonds. The maximum absolute atomic E-state index is 13.1. The van der Waals surface area contributed by atoms with E-state index in [1.807, 2.05) is 5.32 Å². The maximum Gasteiger partial charge on any atom is 0.336 e. The summed E-state index contributed by atoms with van der Waals surface area (Å²) in [7, 11) is 1.02. The molecule has 114 valence electrons. The van der Waals surface area contributed by atoms with Crippen LogP contribution in [-0.2, 0) is 9.53 Å². The van der Waals surface area contributed by atoms with E-state index in [1.165, 1.54) is 0 Å². The fraction of sp³-hybridized carbons (Fsp3) is 0.250. The number of methoxy groups -OCH3 is 1. The number of aliphatic hydroxyl groups excluding tert-OH is 1. The monoisotopic (exact) mass is 303 g/mol. The van der Waals surface area contributed by atoms with Crippen molar-refractivity contribution < 1.29 is 38.1 Å². The average Bonchev–Trinajstić information content (AvgIpc) is 2.45. The van der Waals surface area contributed by atoms with E-state index >= 15 is 0 Å². The fourth-order valence-electron chi connectivity index (χ4n) is 1.42. The summed E-state index contributed by atoms with van der Waals surface area (Å²) in [5.74, 6) is -6.56. The summed E-state index contributed by atoms with van der Waals surface area (Å²) in [5, 5.41) is 20.1. The van der Waals surface area contributed by atoms with E-state index in [4.69, 9.17) is 5.11 Å². The predicted octanol–water partition coefficient (Wildman–Crippen LogP) is -0.0733. The standard InChI is InChI=1S/C12H11F2NO6/c1-21-12(20)9(16)4-15-10(17)5-2-7(13)8(14)3-6(5)11(18)19/h2-3,9,16H,4H2,1H3,(H,15,17)(H,18,19). The summed E-state index contributed by atoms with van der Waals surface area (Å²) in [6.45, 7) is -0.580. The van der Waals surface area contributed by atoms with Crippen LogP contribution in [0.1, 0.15) is 20.7 Å². The van der Waals surface area contributed by atoms with Crippen molar-refractivity contribution in [3.63, 3.8) is 0 Å². The largest absolute Gasteiger partial charge is 0.478 e. The molecule has 0 aliphatic heterocycles. The topological polar surface area (TPSA) is 113 Å². The van der Waals surface area contributed by atoms with Gasteiger partial charge in [-0.2, -0.15) is 0 Å². The summed E-state index contributed by atoms with van der Waals surface area (Å²) in [6, 6.07) is 0.780. The van der Waals surface area contributed by atoms with Gasteiger partial charge in [-0.1, -0.05) is 0 Å². The van der Waals surface area contributed by atoms with Gasteiger partial charge < -0.3 is 20.3 Å². The minimum absolute atomic E-state index is 0.364. The number of carbonyl (C=O) groups is 3. The van der Waals surface area contributed by atoms with E-state index in [2.05, 4.69) is 4.74 Å². The van der Waals surface area contributed by atoms with Crippen LogP contribution in [0.5, 0.6) is 0 Å². The van der Waals surface area contributed by atoms with Gasteiger partial charge in [0.25, 0.3) is 5.91 Å². The van der Waals surface area contributed by atoms with Crippen LogP contribution in [0, 0.1) is 11.6 Å². The number of rotatable bonds is 5. The number of carboxylic acids is 1. The molecule has 0 aliphatic carbocycles. The zero-order valence-electron chi connectivity index (χ0n) is 10.7. The van der Waals surface area contributed by atoms with Gasteiger partial charge in [0.05, 0.1) is 24.8 Å². The summed E-state index contributed by atoms with van der Waals surface area (Å²) in [5.41, 5.74) is -1.39. The first-order valence-corrected chi connectivity index (χ1v) is 5.54. The number of hydrogen-bond acceptors (Lipinski definition) is 5. The Kier molecular flexibility index (Phi) is 5.30. The Morgan fingerprint density at radius 1 is 1.24 bits per heavy atom. The van der Waals surface area contributed by atoms with E-state index in [1.54, 1.807) is 0 Å². The Labute approximate surface area is 117 Å². The molecule has 3 N–H and O–H groups in total. The van der Waals surface area contributed by atoms with Crippen molar-refractivity contribution in [1.82, 2.24) is 5.32 Å². The van der Waals surface area contributed by atoms with Gasteiger partial charge in [0.2, 0.25) is 0 Å². The number of nitrogens with one attached hydrogen (secondary N) is 1. The summed E-state index contributed by atoms with van der Waals surface area (Å²) in [6.07, 6.45) is -1.67. The Hall–Kier alpha value is -2.55. The second-order valence-electron chi connectivity index (χ2n) is 3.87. The van der Waals surface area contributed by atoms with E-state index in [0.717, 1.165) is 7.11 Å². The molecular formula is C12H11F2NO6. The number of esters is 1. The highest BCUT2D eigenvalue weighted by atomic mass is 19.2. The van der Waals surface area contributed by atoms with Crippen molar-refractivity contribution in [1.29, 1.82) is 0 Å². The van der Waals surface area contributed by atoms with Crippen molar-refractivity contribution in [2.75, 3.05) is 13.7 Å². The van der Waals surface area contributed by atoms with Crippen LogP contribution in [0.4, 0.5) is 8.78 Å². The first-order valence-electron chi connectivity index (χ1n) is 5.54. The van der Waals surface area contributed by atoms with Crippen molar-refractivity contribution >= 4 is 17.8 Å². The number of aliphatic hydroxyl groups is 1. The molecule has 1 atom stereocenters. The van der Waals surface area contributed by atoms with Crippen LogP contribution < -0.4 is 5.32 Å². The van der Waals surface area contributed by atoms with Gasteiger partial charge in [-0.25, -0.2) is 18.4 Å². The quantitative estimate of drug-likeness (QED) is 0.656. The number of benzene rings is 1. The molecule has 1 aromatic carbocycles. The molecule has 0 saturated carbocycles. The predicted molar refractivity (Wildman–Crippen MR) is 63.7 cm³/mol. The number of carbonyl (C=O) groups excluding carboxylic acids is 2. The highest BCUT2D eigenvalue weighted by molar-refractivity contribution is 6.04. The molecule has 0 radical (unpaired) electrons. The molecule has 0 spiro atoms. The molecule has 1 rings (SSSR count). The van der Waals surface area contributed by atoms with Gasteiger partial charge in [-0.3, -0.25) is 4.79 Å². The SMILES string of the molecule is COC(=O)C(O)CNC(=O)c1cc(F)c(F)cc1C(=O)O. The van der Waals surface area contributed by atoms with Gasteiger partial charge in [0.1, 0.15) is 0 Å². The van der Waals surface area contributed by atoms with Gasteiger partial charge in [0.15, 0.2) is 17.7 Å². The third-order valence-electron chi connectivity index (χ3n) is 2.46. The van der Waals surface area contributed by atoms with Gasteiger partial charge in [-0.05, 0) is 12.1 Å². The van der Waals surface area contributed by atoms with Crippen molar-refractivity contribution in [3.8, 4) is 0 Å². The second-order valence-corrected chi connectivity index (χ2v) is 3.87. The number of halogens is 2. The zero-order chi connectivity index (χ0) is 16.2. The number of amides is 1. The Morgan fingerprint density at radius 2 is 1.76 bits per heavy atom. The first-order chi connectivity index (χ1) is 9.77. The summed E-state index contributed by atoms with van der Waals surface area (Å²) in [4.78, 5) is 33.5. The molecule has 0 heterocycles. The van der Waals surface area contributed by atoms with E-state index in [-0.39, 0.29) is 0 Å². The molecule has 7 nitrogen and oxygen atoms in total. The molecular weight excluding hydrogens is 292 g/mol. The number of hydrogen-bond donors (Lipinski definition) is 3. The van der Waals surface area contributed by atoms with Crippen LogP contribution in [-0.4, -0.2) is 47.8 Å². The zero-order valence-corrected chi connectivity index (χ0v) is 10.7. The highest BCUT2D eigenvalue weighted by Gasteiger charge is 2.22. The van der Waals surface area contributed by atoms with Crippen LogP contribution in [0.2, 0.25) is 0 Å². The Bertz CT molecular complexity index is 589. The minimum atomic E-state index is -1.67. The van der Waals surface area contributed by atoms with Crippen molar-refractivity contribution in [3.05, 3.63) is 34.9 Å².